The average Bonchev–Trinajstić information content (AvgIpc) is 2.45. The number of ketones is 1. The number of carbonyl (C=O) groups excluding carboxylic acids is 1. The minimum Gasteiger partial charge on any atom is -0.491 e. The van der Waals surface area contributed by atoms with Gasteiger partial charge in [0.1, 0.15) is 5.76 Å². The third-order valence-corrected chi connectivity index (χ3v) is 3.89. The number of hydrogen-bond acceptors (Lipinski definition) is 3. The molecule has 0 fully saturated rings. The molecule has 0 spiro atoms. The van der Waals surface area contributed by atoms with Gasteiger partial charge in [0.2, 0.25) is 5.78 Å². The molecular formula is C17H22O3. The van der Waals surface area contributed by atoms with Crippen LogP contribution in [0.3, 0.4) is 0 Å². The fourth-order valence-electron chi connectivity index (χ4n) is 2.52. The Hall–Kier alpha value is -1.61. The second-order valence-corrected chi connectivity index (χ2v) is 5.64. The first-order valence-electron chi connectivity index (χ1n) is 7.16. The summed E-state index contributed by atoms with van der Waals surface area (Å²) in [6.45, 7) is 7.64. The van der Waals surface area contributed by atoms with Crippen LogP contribution in [0.1, 0.15) is 39.7 Å². The first kappa shape index (κ1) is 14.8. The molecule has 0 saturated heterocycles. The SMILES string of the molecule is CCC(C)C1(O)C(=O)C(c2ccccc2)=C1OC(C)C. The summed E-state index contributed by atoms with van der Waals surface area (Å²) >= 11 is 0. The molecule has 1 aliphatic carbocycles. The molecule has 3 nitrogen and oxygen atoms in total. The van der Waals surface area contributed by atoms with Crippen molar-refractivity contribution in [3.8, 4) is 0 Å². The summed E-state index contributed by atoms with van der Waals surface area (Å²) in [6, 6.07) is 9.39. The highest BCUT2D eigenvalue weighted by atomic mass is 16.5. The van der Waals surface area contributed by atoms with Crippen molar-refractivity contribution in [2.75, 3.05) is 0 Å². The minimum absolute atomic E-state index is 0.0765. The molecule has 2 rings (SSSR count). The number of aliphatic hydroxyl groups is 1. The standard InChI is InChI=1S/C17H22O3/c1-5-12(4)17(19)15(18)14(16(17)20-11(2)3)13-9-7-6-8-10-13/h6-12,19H,5H2,1-4H3. The van der Waals surface area contributed by atoms with Gasteiger partial charge in [0.05, 0.1) is 11.7 Å². The number of hydrogen-bond donors (Lipinski definition) is 1. The number of benzene rings is 1. The third-order valence-electron chi connectivity index (χ3n) is 3.89. The van der Waals surface area contributed by atoms with Gasteiger partial charge < -0.3 is 9.84 Å². The summed E-state index contributed by atoms with van der Waals surface area (Å²) in [5.41, 5.74) is -0.146. The Kier molecular flexibility index (Phi) is 4.00. The highest BCUT2D eigenvalue weighted by Gasteiger charge is 2.57. The predicted octanol–water partition coefficient (Wildman–Crippen LogP) is 3.18. The lowest BCUT2D eigenvalue weighted by atomic mass is 9.67. The average molecular weight is 274 g/mol. The van der Waals surface area contributed by atoms with Crippen molar-refractivity contribution in [1.82, 2.24) is 0 Å². The molecule has 1 aromatic carbocycles. The van der Waals surface area contributed by atoms with E-state index in [0.29, 0.717) is 11.3 Å². The Labute approximate surface area is 120 Å². The van der Waals surface area contributed by atoms with Crippen molar-refractivity contribution in [2.24, 2.45) is 5.92 Å². The van der Waals surface area contributed by atoms with Gasteiger partial charge in [0.15, 0.2) is 5.60 Å². The van der Waals surface area contributed by atoms with Gasteiger partial charge in [-0.2, -0.15) is 0 Å². The van der Waals surface area contributed by atoms with E-state index in [1.807, 2.05) is 58.0 Å². The number of carbonyl (C=O) groups is 1. The Bertz CT molecular complexity index is 530. The van der Waals surface area contributed by atoms with Crippen LogP contribution >= 0.6 is 0 Å². The van der Waals surface area contributed by atoms with E-state index in [0.717, 1.165) is 12.0 Å². The maximum Gasteiger partial charge on any atom is 0.206 e. The van der Waals surface area contributed by atoms with E-state index in [4.69, 9.17) is 4.74 Å². The Morgan fingerprint density at radius 3 is 2.30 bits per heavy atom. The van der Waals surface area contributed by atoms with E-state index >= 15 is 0 Å². The van der Waals surface area contributed by atoms with E-state index in [2.05, 4.69) is 0 Å². The smallest absolute Gasteiger partial charge is 0.206 e. The molecule has 2 unspecified atom stereocenters. The van der Waals surface area contributed by atoms with Crippen LogP contribution in [0, 0.1) is 5.92 Å². The Morgan fingerprint density at radius 1 is 1.20 bits per heavy atom. The van der Waals surface area contributed by atoms with Crippen LogP contribution in [0.5, 0.6) is 0 Å². The number of ether oxygens (including phenoxy) is 1. The summed E-state index contributed by atoms with van der Waals surface area (Å²) < 4.78 is 5.77. The number of Topliss-reactive ketones (excluding diaryl/α,β-unsaturated/α-hetero) is 1. The summed E-state index contributed by atoms with van der Waals surface area (Å²) in [5, 5.41) is 10.8. The predicted molar refractivity (Wildman–Crippen MR) is 79.0 cm³/mol. The molecule has 1 N–H and O–H groups in total. The Balaban J connectivity index is 2.51. The second kappa shape index (κ2) is 5.41. The number of rotatable bonds is 5. The van der Waals surface area contributed by atoms with Crippen LogP contribution in [-0.4, -0.2) is 22.6 Å². The molecule has 0 heterocycles. The monoisotopic (exact) mass is 274 g/mol. The van der Waals surface area contributed by atoms with Gasteiger partial charge in [0.25, 0.3) is 0 Å². The fraction of sp³-hybridized carbons (Fsp3) is 0.471. The topological polar surface area (TPSA) is 46.5 Å². The van der Waals surface area contributed by atoms with Crippen molar-refractivity contribution in [2.45, 2.75) is 45.8 Å². The van der Waals surface area contributed by atoms with Gasteiger partial charge in [-0.05, 0) is 31.7 Å². The summed E-state index contributed by atoms with van der Waals surface area (Å²) in [4.78, 5) is 12.5. The molecule has 3 heteroatoms. The van der Waals surface area contributed by atoms with Gasteiger partial charge in [-0.25, -0.2) is 0 Å². The molecule has 0 aromatic heterocycles. The van der Waals surface area contributed by atoms with E-state index in [1.54, 1.807) is 0 Å². The molecule has 2 atom stereocenters. The van der Waals surface area contributed by atoms with Crippen LogP contribution in [0.2, 0.25) is 0 Å². The van der Waals surface area contributed by atoms with E-state index in [1.165, 1.54) is 0 Å². The van der Waals surface area contributed by atoms with Crippen molar-refractivity contribution < 1.29 is 14.6 Å². The minimum atomic E-state index is -1.47. The molecule has 108 valence electrons. The molecule has 1 aromatic rings. The summed E-state index contributed by atoms with van der Waals surface area (Å²) in [7, 11) is 0. The van der Waals surface area contributed by atoms with Crippen molar-refractivity contribution in [1.29, 1.82) is 0 Å². The lowest BCUT2D eigenvalue weighted by molar-refractivity contribution is -0.143. The first-order valence-corrected chi connectivity index (χ1v) is 7.16. The van der Waals surface area contributed by atoms with Gasteiger partial charge >= 0.3 is 0 Å². The van der Waals surface area contributed by atoms with Crippen molar-refractivity contribution in [3.63, 3.8) is 0 Å². The maximum absolute atomic E-state index is 12.5. The van der Waals surface area contributed by atoms with Gasteiger partial charge in [-0.3, -0.25) is 4.79 Å². The molecule has 0 aliphatic heterocycles. The lowest BCUT2D eigenvalue weighted by Crippen LogP contribution is -2.55. The quantitative estimate of drug-likeness (QED) is 0.897. The second-order valence-electron chi connectivity index (χ2n) is 5.64. The van der Waals surface area contributed by atoms with Gasteiger partial charge in [-0.1, -0.05) is 44.2 Å². The first-order chi connectivity index (χ1) is 9.42. The van der Waals surface area contributed by atoms with E-state index in [-0.39, 0.29) is 17.8 Å². The highest BCUT2D eigenvalue weighted by Crippen LogP contribution is 2.47. The normalized spacial score (nSPS) is 23.8. The molecule has 0 saturated carbocycles. The molecule has 0 radical (unpaired) electrons. The van der Waals surface area contributed by atoms with E-state index < -0.39 is 5.60 Å². The zero-order valence-corrected chi connectivity index (χ0v) is 12.5. The zero-order valence-electron chi connectivity index (χ0n) is 12.5. The van der Waals surface area contributed by atoms with Crippen LogP contribution < -0.4 is 0 Å². The molecular weight excluding hydrogens is 252 g/mol. The lowest BCUT2D eigenvalue weighted by Gasteiger charge is -2.43. The molecule has 0 amide bonds. The summed E-state index contributed by atoms with van der Waals surface area (Å²) in [6.07, 6.45) is 0.641. The molecule has 20 heavy (non-hydrogen) atoms. The van der Waals surface area contributed by atoms with Crippen LogP contribution in [0.4, 0.5) is 0 Å². The van der Waals surface area contributed by atoms with Crippen molar-refractivity contribution >= 4 is 11.4 Å². The third kappa shape index (κ3) is 2.16. The zero-order chi connectivity index (χ0) is 14.9. The van der Waals surface area contributed by atoms with E-state index in [9.17, 15) is 9.90 Å². The van der Waals surface area contributed by atoms with Crippen molar-refractivity contribution in [3.05, 3.63) is 41.7 Å². The summed E-state index contributed by atoms with van der Waals surface area (Å²) in [5.74, 6) is 0.0444. The highest BCUT2D eigenvalue weighted by molar-refractivity contribution is 6.33. The van der Waals surface area contributed by atoms with Crippen LogP contribution in [0.25, 0.3) is 5.57 Å². The maximum atomic E-state index is 12.5. The van der Waals surface area contributed by atoms with Gasteiger partial charge in [-0.15, -0.1) is 0 Å². The van der Waals surface area contributed by atoms with Gasteiger partial charge in [0, 0.05) is 0 Å². The fourth-order valence-corrected chi connectivity index (χ4v) is 2.52. The van der Waals surface area contributed by atoms with Crippen LogP contribution in [0.15, 0.2) is 36.1 Å². The van der Waals surface area contributed by atoms with Crippen LogP contribution in [-0.2, 0) is 9.53 Å². The largest absolute Gasteiger partial charge is 0.491 e. The molecule has 0 bridgehead atoms. The Morgan fingerprint density at radius 2 is 1.80 bits per heavy atom. The molecule has 1 aliphatic rings.